The van der Waals surface area contributed by atoms with Crippen molar-refractivity contribution in [2.45, 2.75) is 13.1 Å². The second kappa shape index (κ2) is 6.94. The van der Waals surface area contributed by atoms with Crippen molar-refractivity contribution in [3.63, 3.8) is 0 Å². The van der Waals surface area contributed by atoms with E-state index in [9.17, 15) is 13.2 Å². The number of carboxylic acid groups (broad SMARTS) is 1. The van der Waals surface area contributed by atoms with Crippen LogP contribution in [0.25, 0.3) is 0 Å². The molecule has 1 N–H and O–H groups in total. The Hall–Kier alpha value is -1.52. The Labute approximate surface area is 80.0 Å². The Bertz CT molecular complexity index is 239. The Balaban J connectivity index is 0. The first-order valence-electron chi connectivity index (χ1n) is 3.45. The molecule has 0 aliphatic carbocycles. The molecule has 0 aliphatic heterocycles. The summed E-state index contributed by atoms with van der Waals surface area (Å²) in [6.45, 7) is 7.40. The molecule has 0 aromatic carbocycles. The van der Waals surface area contributed by atoms with E-state index in [0.717, 1.165) is 12.2 Å². The number of carbonyl (C=O) groups is 1. The Morgan fingerprint density at radius 2 is 1.64 bits per heavy atom. The van der Waals surface area contributed by atoms with Gasteiger partial charge in [-0.15, -0.1) is 0 Å². The molecule has 0 aromatic rings. The highest BCUT2D eigenvalue weighted by Gasteiger charge is 2.32. The van der Waals surface area contributed by atoms with Crippen LogP contribution in [0.15, 0.2) is 36.5 Å². The van der Waals surface area contributed by atoms with Crippen LogP contribution in [-0.2, 0) is 4.79 Å². The van der Waals surface area contributed by atoms with Gasteiger partial charge in [-0.05, 0) is 12.5 Å². The first kappa shape index (κ1) is 15.0. The minimum Gasteiger partial charge on any atom is -0.483 e. The highest BCUT2D eigenvalue weighted by atomic mass is 19.4. The molecule has 0 fully saturated rings. The predicted octanol–water partition coefficient (Wildman–Crippen LogP) is 2.94. The largest absolute Gasteiger partial charge is 0.483 e. The predicted molar refractivity (Wildman–Crippen MR) is 47.8 cm³/mol. The third kappa shape index (κ3) is 6.05. The first-order valence-corrected chi connectivity index (χ1v) is 3.45. The van der Waals surface area contributed by atoms with Crippen molar-refractivity contribution in [1.29, 1.82) is 0 Å². The zero-order chi connectivity index (χ0) is 11.8. The zero-order valence-electron chi connectivity index (χ0n) is 7.64. The standard InChI is InChI=1S/C8H9F3.CH2O2/c1-4-6(3)7(5-2)8(9,10)11;2-1-3/h4-5H,1-2H2,3H3;1H,(H,2,3)/b7-6+;. The van der Waals surface area contributed by atoms with Gasteiger partial charge < -0.3 is 5.11 Å². The minimum absolute atomic E-state index is 0.0903. The zero-order valence-corrected chi connectivity index (χ0v) is 7.64. The van der Waals surface area contributed by atoms with E-state index < -0.39 is 11.7 Å². The van der Waals surface area contributed by atoms with Crippen LogP contribution >= 0.6 is 0 Å². The fraction of sp³-hybridized carbons (Fsp3) is 0.222. The molecule has 0 spiro atoms. The van der Waals surface area contributed by atoms with Gasteiger partial charge in [0.2, 0.25) is 0 Å². The smallest absolute Gasteiger partial charge is 0.416 e. The lowest BCUT2D eigenvalue weighted by Gasteiger charge is -2.08. The van der Waals surface area contributed by atoms with Crippen LogP contribution in [0.3, 0.4) is 0 Å². The lowest BCUT2D eigenvalue weighted by Crippen LogP contribution is -2.11. The van der Waals surface area contributed by atoms with Crippen molar-refractivity contribution < 1.29 is 23.1 Å². The SMILES string of the molecule is C=C/C(C)=C(\C=C)C(F)(F)F.O=CO. The van der Waals surface area contributed by atoms with Gasteiger partial charge >= 0.3 is 6.18 Å². The van der Waals surface area contributed by atoms with Crippen molar-refractivity contribution in [2.24, 2.45) is 0 Å². The molecule has 0 saturated carbocycles. The highest BCUT2D eigenvalue weighted by molar-refractivity contribution is 5.33. The number of alkyl halides is 3. The molecular weight excluding hydrogens is 197 g/mol. The maximum absolute atomic E-state index is 12.0. The number of hydrogen-bond donors (Lipinski definition) is 1. The van der Waals surface area contributed by atoms with Gasteiger partial charge in [-0.3, -0.25) is 4.79 Å². The van der Waals surface area contributed by atoms with Gasteiger partial charge in [0.25, 0.3) is 6.47 Å². The van der Waals surface area contributed by atoms with Gasteiger partial charge in [0.05, 0.1) is 5.57 Å². The summed E-state index contributed by atoms with van der Waals surface area (Å²) in [5.74, 6) is 0. The molecule has 0 radical (unpaired) electrons. The van der Waals surface area contributed by atoms with Crippen LogP contribution in [0.4, 0.5) is 13.2 Å². The molecule has 0 saturated heterocycles. The van der Waals surface area contributed by atoms with Crippen LogP contribution in [0.5, 0.6) is 0 Å². The van der Waals surface area contributed by atoms with Gasteiger partial charge in [-0.25, -0.2) is 0 Å². The summed E-state index contributed by atoms with van der Waals surface area (Å²) in [6, 6.07) is 0. The Kier molecular flexibility index (Phi) is 7.42. The number of allylic oxidation sites excluding steroid dienone is 4. The van der Waals surface area contributed by atoms with Crippen LogP contribution in [0.2, 0.25) is 0 Å². The normalized spacial score (nSPS) is 11.7. The quantitative estimate of drug-likeness (QED) is 0.559. The second-order valence-corrected chi connectivity index (χ2v) is 2.11. The molecule has 0 rings (SSSR count). The summed E-state index contributed by atoms with van der Waals surface area (Å²) in [5.41, 5.74) is -0.639. The summed E-state index contributed by atoms with van der Waals surface area (Å²) < 4.78 is 35.9. The lowest BCUT2D eigenvalue weighted by molar-refractivity contribution is -0.122. The van der Waals surface area contributed by atoms with Crippen molar-refractivity contribution in [3.05, 3.63) is 36.5 Å². The van der Waals surface area contributed by atoms with E-state index in [1.54, 1.807) is 0 Å². The lowest BCUT2D eigenvalue weighted by atomic mass is 10.1. The third-order valence-corrected chi connectivity index (χ3v) is 1.24. The van der Waals surface area contributed by atoms with E-state index in [1.165, 1.54) is 6.92 Å². The van der Waals surface area contributed by atoms with E-state index in [0.29, 0.717) is 0 Å². The minimum atomic E-state index is -4.32. The fourth-order valence-electron chi connectivity index (χ4n) is 0.610. The van der Waals surface area contributed by atoms with Crippen LogP contribution in [-0.4, -0.2) is 17.8 Å². The topological polar surface area (TPSA) is 37.3 Å². The van der Waals surface area contributed by atoms with Gasteiger partial charge in [0.15, 0.2) is 0 Å². The molecule has 80 valence electrons. The summed E-state index contributed by atoms with van der Waals surface area (Å²) in [5, 5.41) is 6.89. The number of rotatable bonds is 2. The second-order valence-electron chi connectivity index (χ2n) is 2.11. The molecule has 0 aromatic heterocycles. The Morgan fingerprint density at radius 1 is 1.29 bits per heavy atom. The maximum Gasteiger partial charge on any atom is 0.416 e. The average molecular weight is 208 g/mol. The monoisotopic (exact) mass is 208 g/mol. The summed E-state index contributed by atoms with van der Waals surface area (Å²) in [7, 11) is 0. The van der Waals surface area contributed by atoms with Crippen molar-refractivity contribution in [1.82, 2.24) is 0 Å². The molecule has 5 heteroatoms. The molecule has 0 bridgehead atoms. The fourth-order valence-corrected chi connectivity index (χ4v) is 0.610. The third-order valence-electron chi connectivity index (χ3n) is 1.24. The van der Waals surface area contributed by atoms with Gasteiger partial charge in [0, 0.05) is 0 Å². The van der Waals surface area contributed by atoms with Crippen molar-refractivity contribution in [2.75, 3.05) is 0 Å². The molecule has 0 heterocycles. The molecule has 0 atom stereocenters. The molecule has 14 heavy (non-hydrogen) atoms. The van der Waals surface area contributed by atoms with Crippen LogP contribution in [0.1, 0.15) is 6.92 Å². The average Bonchev–Trinajstić information content (AvgIpc) is 2.04. The summed E-state index contributed by atoms with van der Waals surface area (Å²) >= 11 is 0. The van der Waals surface area contributed by atoms with Crippen molar-refractivity contribution in [3.8, 4) is 0 Å². The molecule has 2 nitrogen and oxygen atoms in total. The van der Waals surface area contributed by atoms with E-state index in [4.69, 9.17) is 9.90 Å². The van der Waals surface area contributed by atoms with Crippen LogP contribution < -0.4 is 0 Å². The molecule has 0 aliphatic rings. The summed E-state index contributed by atoms with van der Waals surface area (Å²) in [4.78, 5) is 8.36. The number of halogens is 3. The summed E-state index contributed by atoms with van der Waals surface area (Å²) in [6.07, 6.45) is -2.37. The van der Waals surface area contributed by atoms with Gasteiger partial charge in [-0.1, -0.05) is 25.3 Å². The van der Waals surface area contributed by atoms with E-state index >= 15 is 0 Å². The van der Waals surface area contributed by atoms with E-state index in [1.807, 2.05) is 0 Å². The van der Waals surface area contributed by atoms with Crippen molar-refractivity contribution >= 4 is 6.47 Å². The Morgan fingerprint density at radius 3 is 1.71 bits per heavy atom. The maximum atomic E-state index is 12.0. The van der Waals surface area contributed by atoms with E-state index in [-0.39, 0.29) is 12.0 Å². The molecular formula is C9H11F3O2. The van der Waals surface area contributed by atoms with Crippen LogP contribution in [0, 0.1) is 0 Å². The molecule has 0 unspecified atom stereocenters. The highest BCUT2D eigenvalue weighted by Crippen LogP contribution is 2.28. The molecule has 0 amide bonds. The van der Waals surface area contributed by atoms with Gasteiger partial charge in [-0.2, -0.15) is 13.2 Å². The first-order chi connectivity index (χ1) is 6.34. The van der Waals surface area contributed by atoms with Gasteiger partial charge in [0.1, 0.15) is 0 Å². The van der Waals surface area contributed by atoms with E-state index in [2.05, 4.69) is 13.2 Å². The number of hydrogen-bond acceptors (Lipinski definition) is 1.